The van der Waals surface area contributed by atoms with Crippen LogP contribution in [0.25, 0.3) is 0 Å². The topological polar surface area (TPSA) is 36.9 Å². The van der Waals surface area contributed by atoms with Crippen LogP contribution in [0.15, 0.2) is 42.5 Å². The molecule has 29 heavy (non-hydrogen) atoms. The van der Waals surface area contributed by atoms with Gasteiger partial charge in [0.25, 0.3) is 0 Å². The molecular formula is C25H38O4. The van der Waals surface area contributed by atoms with Gasteiger partial charge in [-0.2, -0.15) is 0 Å². The van der Waals surface area contributed by atoms with Crippen molar-refractivity contribution in [3.05, 3.63) is 48.0 Å². The molecule has 0 spiro atoms. The van der Waals surface area contributed by atoms with E-state index in [9.17, 15) is 0 Å². The Morgan fingerprint density at radius 1 is 0.690 bits per heavy atom. The van der Waals surface area contributed by atoms with E-state index in [2.05, 4.69) is 48.5 Å². The van der Waals surface area contributed by atoms with E-state index in [-0.39, 0.29) is 5.41 Å². The zero-order valence-electron chi connectivity index (χ0n) is 19.6. The molecule has 1 aliphatic rings. The monoisotopic (exact) mass is 402 g/mol. The molecule has 0 saturated heterocycles. The van der Waals surface area contributed by atoms with Gasteiger partial charge in [-0.1, -0.05) is 60.6 Å². The van der Waals surface area contributed by atoms with Gasteiger partial charge in [-0.15, -0.1) is 0 Å². The Balaban J connectivity index is 0.000000243. The third-order valence-electron chi connectivity index (χ3n) is 3.67. The molecule has 4 heteroatoms. The molecule has 0 atom stereocenters. The second-order valence-corrected chi connectivity index (χ2v) is 9.49. The smallest absolute Gasteiger partial charge is 0.161 e. The Labute approximate surface area is 177 Å². The Kier molecular flexibility index (Phi) is 9.35. The number of para-hydroxylation sites is 2. The fourth-order valence-electron chi connectivity index (χ4n) is 2.23. The van der Waals surface area contributed by atoms with Crippen LogP contribution in [0.1, 0.15) is 54.0 Å². The van der Waals surface area contributed by atoms with Crippen molar-refractivity contribution in [1.29, 1.82) is 0 Å². The Morgan fingerprint density at radius 3 is 1.38 bits per heavy atom. The molecule has 3 rings (SSSR count). The van der Waals surface area contributed by atoms with Crippen molar-refractivity contribution in [3.63, 3.8) is 0 Å². The lowest BCUT2D eigenvalue weighted by molar-refractivity contribution is 0.171. The molecule has 4 nitrogen and oxygen atoms in total. The van der Waals surface area contributed by atoms with Gasteiger partial charge in [-0.25, -0.2) is 0 Å². The Hall–Kier alpha value is -2.36. The van der Waals surface area contributed by atoms with Crippen LogP contribution >= 0.6 is 0 Å². The zero-order chi connectivity index (χ0) is 22.1. The summed E-state index contributed by atoms with van der Waals surface area (Å²) in [6.07, 6.45) is 0. The minimum absolute atomic E-state index is 0.113. The first-order chi connectivity index (χ1) is 13.4. The van der Waals surface area contributed by atoms with Crippen molar-refractivity contribution in [1.82, 2.24) is 0 Å². The summed E-state index contributed by atoms with van der Waals surface area (Å²) in [7, 11) is 3.34. The van der Waals surface area contributed by atoms with Gasteiger partial charge in [0.05, 0.1) is 14.2 Å². The van der Waals surface area contributed by atoms with Crippen LogP contribution in [-0.4, -0.2) is 27.4 Å². The maximum atomic E-state index is 5.30. The maximum Gasteiger partial charge on any atom is 0.161 e. The van der Waals surface area contributed by atoms with Gasteiger partial charge in [-0.3, -0.25) is 0 Å². The third kappa shape index (κ3) is 10.1. The van der Waals surface area contributed by atoms with Crippen molar-refractivity contribution in [2.75, 3.05) is 27.4 Å². The second kappa shape index (κ2) is 11.0. The van der Waals surface area contributed by atoms with Crippen LogP contribution < -0.4 is 18.9 Å². The highest BCUT2D eigenvalue weighted by molar-refractivity contribution is 5.41. The van der Waals surface area contributed by atoms with Crippen LogP contribution in [0, 0.1) is 5.41 Å². The van der Waals surface area contributed by atoms with Crippen molar-refractivity contribution in [3.8, 4) is 23.0 Å². The summed E-state index contributed by atoms with van der Waals surface area (Å²) in [5.74, 6) is 3.39. The molecule has 0 radical (unpaired) electrons. The number of hydrogen-bond donors (Lipinski definition) is 0. The number of rotatable bonds is 2. The normalized spacial score (nSPS) is 12.6. The first-order valence-corrected chi connectivity index (χ1v) is 10.0. The highest BCUT2D eigenvalue weighted by atomic mass is 16.6. The van der Waals surface area contributed by atoms with Crippen molar-refractivity contribution >= 4 is 0 Å². The van der Waals surface area contributed by atoms with Gasteiger partial charge in [0.1, 0.15) is 24.7 Å². The van der Waals surface area contributed by atoms with E-state index in [1.165, 1.54) is 5.56 Å². The molecule has 1 heterocycles. The second-order valence-electron chi connectivity index (χ2n) is 9.49. The van der Waals surface area contributed by atoms with Crippen LogP contribution in [0.4, 0.5) is 0 Å². The van der Waals surface area contributed by atoms with Crippen LogP contribution in [-0.2, 0) is 5.41 Å². The molecule has 0 amide bonds. The van der Waals surface area contributed by atoms with E-state index in [0.29, 0.717) is 18.6 Å². The quantitative estimate of drug-likeness (QED) is 0.574. The molecule has 162 valence electrons. The molecule has 1 aliphatic heterocycles. The molecule has 2 aromatic rings. The predicted octanol–water partition coefficient (Wildman–Crippen LogP) is 6.51. The van der Waals surface area contributed by atoms with Gasteiger partial charge in [0.15, 0.2) is 11.5 Å². The molecule has 0 unspecified atom stereocenters. The highest BCUT2D eigenvalue weighted by Gasteiger charge is 2.15. The molecular weight excluding hydrogens is 364 g/mol. The summed E-state index contributed by atoms with van der Waals surface area (Å²) in [6.45, 7) is 16.6. The van der Waals surface area contributed by atoms with Gasteiger partial charge in [0.2, 0.25) is 0 Å². The summed E-state index contributed by atoms with van der Waals surface area (Å²) in [6, 6.07) is 13.7. The number of ether oxygens (including phenoxy) is 4. The fourth-order valence-corrected chi connectivity index (χ4v) is 2.23. The minimum atomic E-state index is 0.113. The van der Waals surface area contributed by atoms with Crippen molar-refractivity contribution in [2.24, 2.45) is 5.41 Å². The Bertz CT molecular complexity index is 686. The highest BCUT2D eigenvalue weighted by Crippen LogP contribution is 2.30. The molecule has 0 saturated carbocycles. The average Bonchev–Trinajstić information content (AvgIpc) is 2.66. The largest absolute Gasteiger partial charge is 0.497 e. The average molecular weight is 403 g/mol. The molecule has 2 aromatic carbocycles. The van der Waals surface area contributed by atoms with Gasteiger partial charge in [-0.05, 0) is 40.7 Å². The standard InChI is InChI=1S/C12H18O2.C8H8O2.C5H12/c1-12(2,3)9-6-10(13-4)8-11(7-9)14-5;1-2-4-8-7(3-1)9-5-6-10-8;1-5(2,3)4/h6-8H,1-5H3;1-4H,5-6H2;1-4H3. The van der Waals surface area contributed by atoms with Crippen LogP contribution in [0.5, 0.6) is 23.0 Å². The van der Waals surface area contributed by atoms with Gasteiger partial charge < -0.3 is 18.9 Å². The summed E-state index contributed by atoms with van der Waals surface area (Å²) >= 11 is 0. The number of hydrogen-bond acceptors (Lipinski definition) is 4. The molecule has 0 bridgehead atoms. The van der Waals surface area contributed by atoms with Crippen molar-refractivity contribution in [2.45, 2.75) is 53.9 Å². The van der Waals surface area contributed by atoms with Gasteiger partial charge >= 0.3 is 0 Å². The number of benzene rings is 2. The van der Waals surface area contributed by atoms with E-state index in [0.717, 1.165) is 23.0 Å². The minimum Gasteiger partial charge on any atom is -0.497 e. The number of methoxy groups -OCH3 is 2. The first kappa shape index (κ1) is 24.7. The third-order valence-corrected chi connectivity index (χ3v) is 3.67. The lowest BCUT2D eigenvalue weighted by Crippen LogP contribution is -2.14. The van der Waals surface area contributed by atoms with E-state index >= 15 is 0 Å². The molecule has 0 fully saturated rings. The SMILES string of the molecule is CC(C)(C)C.COc1cc(OC)cc(C(C)(C)C)c1.c1ccc2c(c1)OCCO2. The molecule has 0 aliphatic carbocycles. The Morgan fingerprint density at radius 2 is 1.07 bits per heavy atom. The van der Waals surface area contributed by atoms with E-state index < -0.39 is 0 Å². The number of fused-ring (bicyclic) bond motifs is 1. The maximum absolute atomic E-state index is 5.30. The lowest BCUT2D eigenvalue weighted by Gasteiger charge is -2.20. The van der Waals surface area contributed by atoms with Crippen LogP contribution in [0.3, 0.4) is 0 Å². The molecule has 0 aromatic heterocycles. The first-order valence-electron chi connectivity index (χ1n) is 10.0. The zero-order valence-corrected chi connectivity index (χ0v) is 19.6. The van der Waals surface area contributed by atoms with E-state index in [1.54, 1.807) is 14.2 Å². The fraction of sp³-hybridized carbons (Fsp3) is 0.520. The van der Waals surface area contributed by atoms with Crippen LogP contribution in [0.2, 0.25) is 0 Å². The van der Waals surface area contributed by atoms with Gasteiger partial charge in [0, 0.05) is 6.07 Å². The summed E-state index contributed by atoms with van der Waals surface area (Å²) < 4.78 is 21.0. The predicted molar refractivity (Wildman–Crippen MR) is 121 cm³/mol. The lowest BCUT2D eigenvalue weighted by atomic mass is 9.87. The summed E-state index contributed by atoms with van der Waals surface area (Å²) in [5.41, 5.74) is 1.83. The van der Waals surface area contributed by atoms with E-state index in [4.69, 9.17) is 18.9 Å². The van der Waals surface area contributed by atoms with E-state index in [1.807, 2.05) is 42.5 Å². The van der Waals surface area contributed by atoms with Crippen molar-refractivity contribution < 1.29 is 18.9 Å². The summed E-state index contributed by atoms with van der Waals surface area (Å²) in [5, 5.41) is 0. The summed E-state index contributed by atoms with van der Waals surface area (Å²) in [4.78, 5) is 0. The molecule has 0 N–H and O–H groups in total.